The van der Waals surface area contributed by atoms with Crippen LogP contribution in [-0.2, 0) is 0 Å². The van der Waals surface area contributed by atoms with Crippen LogP contribution in [0.1, 0.15) is 32.7 Å². The fourth-order valence-corrected chi connectivity index (χ4v) is 3.58. The van der Waals surface area contributed by atoms with Gasteiger partial charge in [0.15, 0.2) is 0 Å². The van der Waals surface area contributed by atoms with Crippen molar-refractivity contribution in [2.45, 2.75) is 27.7 Å². The number of aryl methyl sites for hydroxylation is 4. The number of nitrogens with zero attached hydrogens (tertiary/aromatic N) is 2. The minimum Gasteiger partial charge on any atom is -0.321 e. The normalized spacial score (nSPS) is 10.9. The lowest BCUT2D eigenvalue weighted by atomic mass is 10.1. The first-order valence-electron chi connectivity index (χ1n) is 10.1. The quantitative estimate of drug-likeness (QED) is 0.435. The smallest absolute Gasteiger partial charge is 0.274 e. The Balaban J connectivity index is 1.82. The number of carbonyl (C=O) groups excluding carboxylic acids is 1. The summed E-state index contributed by atoms with van der Waals surface area (Å²) in [4.78, 5) is 13.2. The van der Waals surface area contributed by atoms with E-state index < -0.39 is 0 Å². The van der Waals surface area contributed by atoms with Crippen molar-refractivity contribution in [3.8, 4) is 16.9 Å². The van der Waals surface area contributed by atoms with Gasteiger partial charge in [-0.1, -0.05) is 35.9 Å². The number of halogens is 1. The molecule has 1 amide bonds. The number of hydrogen-bond acceptors (Lipinski definition) is 2. The molecule has 156 valence electrons. The maximum absolute atomic E-state index is 14.4. The molecule has 1 N–H and O–H groups in total. The summed E-state index contributed by atoms with van der Waals surface area (Å²) in [5.74, 6) is -0.688. The Morgan fingerprint density at radius 1 is 0.871 bits per heavy atom. The first-order valence-corrected chi connectivity index (χ1v) is 10.1. The summed E-state index contributed by atoms with van der Waals surface area (Å²) in [6.45, 7) is 8.01. The Bertz CT molecular complexity index is 1290. The highest BCUT2D eigenvalue weighted by Crippen LogP contribution is 2.26. The predicted molar refractivity (Wildman–Crippen MR) is 122 cm³/mol. The highest BCUT2D eigenvalue weighted by Gasteiger charge is 2.20. The van der Waals surface area contributed by atoms with Crippen LogP contribution in [0.3, 0.4) is 0 Å². The molecule has 0 unspecified atom stereocenters. The standard InChI is InChI=1S/C26H24FN3O/c1-16-9-12-24(19(4)13-16)30-25(15-23(29-30)21-7-5-6-8-22(21)27)26(31)28-20-11-10-17(2)18(3)14-20/h5-15H,1-4H3,(H,28,31). The average molecular weight is 413 g/mol. The highest BCUT2D eigenvalue weighted by atomic mass is 19.1. The third-order valence-corrected chi connectivity index (χ3v) is 5.44. The van der Waals surface area contributed by atoms with E-state index in [0.29, 0.717) is 22.6 Å². The van der Waals surface area contributed by atoms with E-state index in [4.69, 9.17) is 0 Å². The zero-order valence-electron chi connectivity index (χ0n) is 18.0. The molecule has 4 aromatic rings. The van der Waals surface area contributed by atoms with Crippen molar-refractivity contribution in [2.24, 2.45) is 0 Å². The Kier molecular flexibility index (Phi) is 5.42. The second-order valence-corrected chi connectivity index (χ2v) is 7.85. The highest BCUT2D eigenvalue weighted by molar-refractivity contribution is 6.04. The van der Waals surface area contributed by atoms with Gasteiger partial charge >= 0.3 is 0 Å². The van der Waals surface area contributed by atoms with Gasteiger partial charge in [0, 0.05) is 11.3 Å². The Hall–Kier alpha value is -3.73. The fourth-order valence-electron chi connectivity index (χ4n) is 3.58. The zero-order valence-corrected chi connectivity index (χ0v) is 18.0. The van der Waals surface area contributed by atoms with E-state index in [-0.39, 0.29) is 11.7 Å². The topological polar surface area (TPSA) is 46.9 Å². The molecule has 0 saturated heterocycles. The van der Waals surface area contributed by atoms with Crippen LogP contribution in [0.2, 0.25) is 0 Å². The molecule has 0 aliphatic rings. The van der Waals surface area contributed by atoms with E-state index in [2.05, 4.69) is 10.4 Å². The molecule has 1 heterocycles. The van der Waals surface area contributed by atoms with Crippen molar-refractivity contribution in [3.63, 3.8) is 0 Å². The van der Waals surface area contributed by atoms with Crippen LogP contribution in [-0.4, -0.2) is 15.7 Å². The van der Waals surface area contributed by atoms with E-state index in [0.717, 1.165) is 27.9 Å². The van der Waals surface area contributed by atoms with Crippen molar-refractivity contribution in [3.05, 3.63) is 100 Å². The van der Waals surface area contributed by atoms with Gasteiger partial charge in [-0.2, -0.15) is 5.10 Å². The van der Waals surface area contributed by atoms with Gasteiger partial charge in [-0.3, -0.25) is 4.79 Å². The molecule has 0 fully saturated rings. The molecule has 0 spiro atoms. The predicted octanol–water partition coefficient (Wildman–Crippen LogP) is 6.16. The van der Waals surface area contributed by atoms with Crippen molar-refractivity contribution in [1.29, 1.82) is 0 Å². The van der Waals surface area contributed by atoms with Gasteiger partial charge < -0.3 is 5.32 Å². The SMILES string of the molecule is Cc1ccc(-n2nc(-c3ccccc3F)cc2C(=O)Nc2ccc(C)c(C)c2)c(C)c1. The van der Waals surface area contributed by atoms with Crippen molar-refractivity contribution < 1.29 is 9.18 Å². The molecular formula is C26H24FN3O. The number of benzene rings is 3. The van der Waals surface area contributed by atoms with Gasteiger partial charge in [-0.15, -0.1) is 0 Å². The number of nitrogens with one attached hydrogen (secondary N) is 1. The lowest BCUT2D eigenvalue weighted by Gasteiger charge is -2.12. The lowest BCUT2D eigenvalue weighted by molar-refractivity contribution is 0.101. The van der Waals surface area contributed by atoms with Gasteiger partial charge in [-0.25, -0.2) is 9.07 Å². The molecule has 0 aliphatic heterocycles. The number of rotatable bonds is 4. The van der Waals surface area contributed by atoms with Crippen LogP contribution >= 0.6 is 0 Å². The van der Waals surface area contributed by atoms with E-state index in [1.54, 1.807) is 28.9 Å². The van der Waals surface area contributed by atoms with Crippen molar-refractivity contribution >= 4 is 11.6 Å². The van der Waals surface area contributed by atoms with Gasteiger partial charge in [0.25, 0.3) is 5.91 Å². The largest absolute Gasteiger partial charge is 0.321 e. The van der Waals surface area contributed by atoms with Crippen LogP contribution in [0.15, 0.2) is 66.7 Å². The molecule has 4 nitrogen and oxygen atoms in total. The first kappa shape index (κ1) is 20.5. The van der Waals surface area contributed by atoms with Crippen LogP contribution in [0.25, 0.3) is 16.9 Å². The lowest BCUT2D eigenvalue weighted by Crippen LogP contribution is -2.17. The summed E-state index contributed by atoms with van der Waals surface area (Å²) in [7, 11) is 0. The molecule has 0 atom stereocenters. The molecule has 0 radical (unpaired) electrons. The van der Waals surface area contributed by atoms with Crippen LogP contribution in [0, 0.1) is 33.5 Å². The van der Waals surface area contributed by atoms with Crippen LogP contribution in [0.4, 0.5) is 10.1 Å². The van der Waals surface area contributed by atoms with E-state index in [1.165, 1.54) is 6.07 Å². The molecule has 0 aliphatic carbocycles. The summed E-state index contributed by atoms with van der Waals surface area (Å²) in [5, 5.41) is 7.57. The zero-order chi connectivity index (χ0) is 22.1. The molecule has 31 heavy (non-hydrogen) atoms. The Labute approximate surface area is 181 Å². The molecule has 0 bridgehead atoms. The average Bonchev–Trinajstić information content (AvgIpc) is 3.16. The third-order valence-electron chi connectivity index (χ3n) is 5.44. The number of hydrogen-bond donors (Lipinski definition) is 1. The summed E-state index contributed by atoms with van der Waals surface area (Å²) < 4.78 is 16.0. The summed E-state index contributed by atoms with van der Waals surface area (Å²) in [6, 6.07) is 19.8. The summed E-state index contributed by atoms with van der Waals surface area (Å²) in [6.07, 6.45) is 0. The molecule has 5 heteroatoms. The maximum Gasteiger partial charge on any atom is 0.274 e. The second-order valence-electron chi connectivity index (χ2n) is 7.85. The Morgan fingerprint density at radius 3 is 2.35 bits per heavy atom. The fraction of sp³-hybridized carbons (Fsp3) is 0.154. The first-order chi connectivity index (χ1) is 14.8. The third kappa shape index (κ3) is 4.12. The van der Waals surface area contributed by atoms with Crippen molar-refractivity contribution in [2.75, 3.05) is 5.32 Å². The van der Waals surface area contributed by atoms with Gasteiger partial charge in [0.2, 0.25) is 0 Å². The number of aromatic nitrogens is 2. The van der Waals surface area contributed by atoms with Crippen molar-refractivity contribution in [1.82, 2.24) is 9.78 Å². The monoisotopic (exact) mass is 413 g/mol. The Morgan fingerprint density at radius 2 is 1.65 bits per heavy atom. The van der Waals surface area contributed by atoms with E-state index in [9.17, 15) is 9.18 Å². The number of carbonyl (C=O) groups is 1. The second kappa shape index (κ2) is 8.19. The van der Waals surface area contributed by atoms with Crippen LogP contribution in [0.5, 0.6) is 0 Å². The molecular weight excluding hydrogens is 389 g/mol. The van der Waals surface area contributed by atoms with E-state index >= 15 is 0 Å². The van der Waals surface area contributed by atoms with Gasteiger partial charge in [0.05, 0.1) is 11.4 Å². The molecule has 3 aromatic carbocycles. The van der Waals surface area contributed by atoms with E-state index in [1.807, 2.05) is 64.1 Å². The summed E-state index contributed by atoms with van der Waals surface area (Å²) in [5.41, 5.74) is 6.91. The minimum atomic E-state index is -0.381. The van der Waals surface area contributed by atoms with Crippen LogP contribution < -0.4 is 5.32 Å². The molecule has 4 rings (SSSR count). The van der Waals surface area contributed by atoms with Gasteiger partial charge in [-0.05, 0) is 80.8 Å². The molecule has 0 saturated carbocycles. The minimum absolute atomic E-state index is 0.307. The summed E-state index contributed by atoms with van der Waals surface area (Å²) >= 11 is 0. The number of anilines is 1. The maximum atomic E-state index is 14.4. The number of amides is 1. The molecule has 1 aromatic heterocycles. The van der Waals surface area contributed by atoms with Gasteiger partial charge in [0.1, 0.15) is 11.5 Å².